The van der Waals surface area contributed by atoms with Crippen molar-refractivity contribution in [3.05, 3.63) is 10.6 Å². The average Bonchev–Trinajstić information content (AvgIpc) is 1.90. The number of hydrogen-bond acceptors (Lipinski definition) is 2. The van der Waals surface area contributed by atoms with E-state index >= 15 is 0 Å². The van der Waals surface area contributed by atoms with Gasteiger partial charge in [-0.05, 0) is 10.9 Å². The van der Waals surface area contributed by atoms with Gasteiger partial charge in [-0.15, -0.1) is 0 Å². The Hall–Kier alpha value is 0.140. The molecule has 1 saturated heterocycles. The molecule has 1 fully saturated rings. The summed E-state index contributed by atoms with van der Waals surface area (Å²) in [6.07, 6.45) is 3.42. The summed E-state index contributed by atoms with van der Waals surface area (Å²) in [5.41, 5.74) is 0. The van der Waals surface area contributed by atoms with E-state index in [0.29, 0.717) is 6.04 Å². The zero-order valence-corrected chi connectivity index (χ0v) is 8.01. The van der Waals surface area contributed by atoms with Gasteiger partial charge >= 0.3 is 0 Å². The van der Waals surface area contributed by atoms with Crippen LogP contribution in [0.3, 0.4) is 0 Å². The third-order valence-electron chi connectivity index (χ3n) is 2.32. The van der Waals surface area contributed by atoms with Crippen molar-refractivity contribution in [2.24, 2.45) is 0 Å². The van der Waals surface area contributed by atoms with Crippen molar-refractivity contribution >= 4 is 15.9 Å². The number of ether oxygens (including phenoxy) is 1. The molecule has 0 aliphatic carbocycles. The maximum atomic E-state index is 5.14. The third kappa shape index (κ3) is 1.66. The van der Waals surface area contributed by atoms with Crippen LogP contribution in [-0.2, 0) is 4.74 Å². The molecule has 11 heavy (non-hydrogen) atoms. The lowest BCUT2D eigenvalue weighted by Crippen LogP contribution is -2.50. The normalized spacial score (nSPS) is 27.9. The summed E-state index contributed by atoms with van der Waals surface area (Å²) in [6, 6.07) is 0.701. The molecule has 0 aromatic carbocycles. The number of rotatable bonds is 1. The minimum Gasteiger partial charge on any atom is -0.378 e. The smallest absolute Gasteiger partial charge is 0.0645 e. The quantitative estimate of drug-likeness (QED) is 0.659. The van der Waals surface area contributed by atoms with E-state index in [0.717, 1.165) is 26.2 Å². The first kappa shape index (κ1) is 7.77. The summed E-state index contributed by atoms with van der Waals surface area (Å²) in [5.74, 6) is 0. The first-order chi connectivity index (χ1) is 5.36. The van der Waals surface area contributed by atoms with Crippen molar-refractivity contribution in [3.8, 4) is 0 Å². The van der Waals surface area contributed by atoms with E-state index < -0.39 is 0 Å². The molecule has 0 amide bonds. The van der Waals surface area contributed by atoms with Crippen LogP contribution in [0.5, 0.6) is 0 Å². The Morgan fingerprint density at radius 3 is 2.82 bits per heavy atom. The van der Waals surface area contributed by atoms with Crippen LogP contribution in [0, 0.1) is 0 Å². The van der Waals surface area contributed by atoms with E-state index in [2.05, 4.69) is 26.9 Å². The molecule has 2 nitrogen and oxygen atoms in total. The molecule has 0 bridgehead atoms. The highest BCUT2D eigenvalue weighted by atomic mass is 79.9. The van der Waals surface area contributed by atoms with Gasteiger partial charge < -0.3 is 4.74 Å². The Morgan fingerprint density at radius 2 is 2.36 bits per heavy atom. The van der Waals surface area contributed by atoms with Gasteiger partial charge in [0.15, 0.2) is 0 Å². The lowest BCUT2D eigenvalue weighted by Gasteiger charge is -2.38. The molecule has 0 aromatic rings. The van der Waals surface area contributed by atoms with Crippen molar-refractivity contribution in [2.75, 3.05) is 26.3 Å². The molecule has 0 spiro atoms. The van der Waals surface area contributed by atoms with Crippen LogP contribution < -0.4 is 0 Å². The summed E-state index contributed by atoms with van der Waals surface area (Å²) in [6.45, 7) is 4.15. The van der Waals surface area contributed by atoms with Crippen molar-refractivity contribution < 1.29 is 4.74 Å². The van der Waals surface area contributed by atoms with Gasteiger partial charge in [0, 0.05) is 13.1 Å². The maximum Gasteiger partial charge on any atom is 0.0645 e. The van der Waals surface area contributed by atoms with Crippen molar-refractivity contribution in [2.45, 2.75) is 12.5 Å². The lowest BCUT2D eigenvalue weighted by molar-refractivity contribution is -0.0617. The molecule has 2 aliphatic heterocycles. The van der Waals surface area contributed by atoms with E-state index in [9.17, 15) is 0 Å². The second-order valence-corrected chi connectivity index (χ2v) is 4.11. The monoisotopic (exact) mass is 217 g/mol. The van der Waals surface area contributed by atoms with Crippen LogP contribution in [-0.4, -0.2) is 37.2 Å². The fourth-order valence-electron chi connectivity index (χ4n) is 1.43. The highest BCUT2D eigenvalue weighted by molar-refractivity contribution is 9.11. The van der Waals surface area contributed by atoms with Gasteiger partial charge in [-0.3, -0.25) is 4.90 Å². The average molecular weight is 218 g/mol. The molecule has 0 aromatic heterocycles. The highest BCUT2D eigenvalue weighted by Crippen LogP contribution is 2.20. The SMILES string of the molecule is BrC1=CCN(C2COC2)CC1. The van der Waals surface area contributed by atoms with Crippen molar-refractivity contribution in [1.29, 1.82) is 0 Å². The van der Waals surface area contributed by atoms with Crippen LogP contribution in [0.15, 0.2) is 10.6 Å². The van der Waals surface area contributed by atoms with Gasteiger partial charge in [-0.2, -0.15) is 0 Å². The van der Waals surface area contributed by atoms with E-state index in [1.54, 1.807) is 0 Å². The van der Waals surface area contributed by atoms with Crippen LogP contribution in [0.2, 0.25) is 0 Å². The van der Waals surface area contributed by atoms with Crippen LogP contribution in [0.25, 0.3) is 0 Å². The van der Waals surface area contributed by atoms with Crippen LogP contribution in [0.1, 0.15) is 6.42 Å². The second kappa shape index (κ2) is 3.25. The summed E-state index contributed by atoms with van der Waals surface area (Å²) >= 11 is 3.51. The fraction of sp³-hybridized carbons (Fsp3) is 0.750. The molecule has 0 radical (unpaired) electrons. The lowest BCUT2D eigenvalue weighted by atomic mass is 10.1. The molecule has 0 saturated carbocycles. The molecule has 0 N–H and O–H groups in total. The molecule has 2 heterocycles. The predicted molar refractivity (Wildman–Crippen MR) is 47.8 cm³/mol. The molecule has 2 rings (SSSR count). The first-order valence-corrected chi connectivity index (χ1v) is 4.82. The largest absolute Gasteiger partial charge is 0.378 e. The Balaban J connectivity index is 1.87. The van der Waals surface area contributed by atoms with Gasteiger partial charge in [0.2, 0.25) is 0 Å². The third-order valence-corrected chi connectivity index (χ3v) is 3.04. The Bertz CT molecular complexity index is 177. The maximum absolute atomic E-state index is 5.14. The zero-order chi connectivity index (χ0) is 7.68. The molecule has 0 unspecified atom stereocenters. The number of hydrogen-bond donors (Lipinski definition) is 0. The van der Waals surface area contributed by atoms with Gasteiger partial charge in [0.05, 0.1) is 19.3 Å². The first-order valence-electron chi connectivity index (χ1n) is 4.02. The molecule has 62 valence electrons. The zero-order valence-electron chi connectivity index (χ0n) is 6.42. The number of nitrogens with zero attached hydrogens (tertiary/aromatic N) is 1. The summed E-state index contributed by atoms with van der Waals surface area (Å²) in [5, 5.41) is 0. The molecular weight excluding hydrogens is 206 g/mol. The number of halogens is 1. The van der Waals surface area contributed by atoms with Crippen LogP contribution >= 0.6 is 15.9 Å². The summed E-state index contributed by atoms with van der Waals surface area (Å²) in [4.78, 5) is 2.48. The molecule has 3 heteroatoms. The van der Waals surface area contributed by atoms with E-state index in [1.165, 1.54) is 11.0 Å². The van der Waals surface area contributed by atoms with Crippen molar-refractivity contribution in [3.63, 3.8) is 0 Å². The van der Waals surface area contributed by atoms with Gasteiger partial charge in [0.1, 0.15) is 0 Å². The van der Waals surface area contributed by atoms with E-state index in [4.69, 9.17) is 4.74 Å². The summed E-state index contributed by atoms with van der Waals surface area (Å²) in [7, 11) is 0. The Labute approximate surface area is 75.3 Å². The minimum absolute atomic E-state index is 0.701. The van der Waals surface area contributed by atoms with Crippen LogP contribution in [0.4, 0.5) is 0 Å². The fourth-order valence-corrected chi connectivity index (χ4v) is 1.75. The molecule has 2 aliphatic rings. The van der Waals surface area contributed by atoms with Gasteiger partial charge in [-0.25, -0.2) is 0 Å². The van der Waals surface area contributed by atoms with E-state index in [1.807, 2.05) is 0 Å². The minimum atomic E-state index is 0.701. The topological polar surface area (TPSA) is 12.5 Å². The standard InChI is InChI=1S/C8H12BrNO/c9-7-1-3-10(4-2-7)8-5-11-6-8/h1,8H,2-6H2. The second-order valence-electron chi connectivity index (χ2n) is 3.09. The molecule has 0 atom stereocenters. The summed E-state index contributed by atoms with van der Waals surface area (Å²) < 4.78 is 6.50. The highest BCUT2D eigenvalue weighted by Gasteiger charge is 2.26. The Morgan fingerprint density at radius 1 is 1.55 bits per heavy atom. The van der Waals surface area contributed by atoms with Gasteiger partial charge in [-0.1, -0.05) is 22.0 Å². The van der Waals surface area contributed by atoms with E-state index in [-0.39, 0.29) is 0 Å². The predicted octanol–water partition coefficient (Wildman–Crippen LogP) is 1.37. The van der Waals surface area contributed by atoms with Gasteiger partial charge in [0.25, 0.3) is 0 Å². The molecular formula is C8H12BrNO. The Kier molecular flexibility index (Phi) is 2.30. The van der Waals surface area contributed by atoms with Crippen molar-refractivity contribution in [1.82, 2.24) is 4.90 Å².